The van der Waals surface area contributed by atoms with Gasteiger partial charge in [0.05, 0.1) is 13.5 Å². The molecule has 1 N–H and O–H groups in total. The first-order chi connectivity index (χ1) is 8.78. The van der Waals surface area contributed by atoms with Crippen LogP contribution in [0.15, 0.2) is 12.1 Å². The molecule has 1 heterocycles. The van der Waals surface area contributed by atoms with Crippen molar-refractivity contribution in [2.75, 3.05) is 13.7 Å². The van der Waals surface area contributed by atoms with E-state index >= 15 is 0 Å². The topological polar surface area (TPSA) is 38.3 Å². The van der Waals surface area contributed by atoms with E-state index in [4.69, 9.17) is 0 Å². The molecule has 1 aliphatic rings. The fourth-order valence-electron chi connectivity index (χ4n) is 2.13. The standard InChI is InChI=1S/C14H21NO2S/c1-17-14(16)9-12-5-6-13(18-12)10-15-8-7-11-3-2-4-11/h5-6,11,15H,2-4,7-10H2,1H3. The number of methoxy groups -OCH3 is 1. The number of thiophene rings is 1. The van der Waals surface area contributed by atoms with E-state index in [1.54, 1.807) is 11.3 Å². The Morgan fingerprint density at radius 2 is 2.22 bits per heavy atom. The molecule has 2 rings (SSSR count). The van der Waals surface area contributed by atoms with Crippen LogP contribution < -0.4 is 5.32 Å². The Morgan fingerprint density at radius 1 is 1.44 bits per heavy atom. The van der Waals surface area contributed by atoms with Crippen LogP contribution in [0.2, 0.25) is 0 Å². The summed E-state index contributed by atoms with van der Waals surface area (Å²) in [4.78, 5) is 13.5. The Morgan fingerprint density at radius 3 is 2.89 bits per heavy atom. The summed E-state index contributed by atoms with van der Waals surface area (Å²) in [6, 6.07) is 4.11. The minimum Gasteiger partial charge on any atom is -0.469 e. The third-order valence-corrected chi connectivity index (χ3v) is 4.60. The molecule has 0 saturated heterocycles. The molecule has 4 heteroatoms. The van der Waals surface area contributed by atoms with Crippen molar-refractivity contribution >= 4 is 17.3 Å². The number of esters is 1. The zero-order valence-electron chi connectivity index (χ0n) is 10.9. The predicted molar refractivity (Wildman–Crippen MR) is 73.7 cm³/mol. The number of hydrogen-bond donors (Lipinski definition) is 1. The molecule has 1 aromatic heterocycles. The Bertz CT molecular complexity index is 385. The van der Waals surface area contributed by atoms with Crippen LogP contribution >= 0.6 is 11.3 Å². The summed E-state index contributed by atoms with van der Waals surface area (Å²) >= 11 is 1.69. The summed E-state index contributed by atoms with van der Waals surface area (Å²) in [5.41, 5.74) is 0. The molecule has 18 heavy (non-hydrogen) atoms. The largest absolute Gasteiger partial charge is 0.469 e. The highest BCUT2D eigenvalue weighted by Crippen LogP contribution is 2.28. The molecule has 0 amide bonds. The molecule has 0 radical (unpaired) electrons. The lowest BCUT2D eigenvalue weighted by Crippen LogP contribution is -2.20. The van der Waals surface area contributed by atoms with Gasteiger partial charge in [0.25, 0.3) is 0 Å². The molecule has 0 bridgehead atoms. The van der Waals surface area contributed by atoms with Gasteiger partial charge in [-0.25, -0.2) is 0 Å². The molecule has 0 aromatic carbocycles. The number of carbonyl (C=O) groups excluding carboxylic acids is 1. The van der Waals surface area contributed by atoms with Gasteiger partial charge >= 0.3 is 5.97 Å². The van der Waals surface area contributed by atoms with Crippen LogP contribution in [-0.2, 0) is 22.5 Å². The van der Waals surface area contributed by atoms with E-state index in [-0.39, 0.29) is 5.97 Å². The average molecular weight is 267 g/mol. The first-order valence-electron chi connectivity index (χ1n) is 6.63. The molecule has 0 atom stereocenters. The first kappa shape index (κ1) is 13.6. The van der Waals surface area contributed by atoms with E-state index in [2.05, 4.69) is 16.1 Å². The number of carbonyl (C=O) groups is 1. The van der Waals surface area contributed by atoms with Crippen molar-refractivity contribution in [2.45, 2.75) is 38.6 Å². The summed E-state index contributed by atoms with van der Waals surface area (Å²) in [6.45, 7) is 2.02. The van der Waals surface area contributed by atoms with Crippen LogP contribution in [0.1, 0.15) is 35.4 Å². The van der Waals surface area contributed by atoms with Crippen LogP contribution in [0, 0.1) is 5.92 Å². The maximum atomic E-state index is 11.1. The molecule has 0 spiro atoms. The van der Waals surface area contributed by atoms with Crippen molar-refractivity contribution in [3.05, 3.63) is 21.9 Å². The van der Waals surface area contributed by atoms with Gasteiger partial charge < -0.3 is 10.1 Å². The lowest BCUT2D eigenvalue weighted by molar-refractivity contribution is -0.139. The van der Waals surface area contributed by atoms with Gasteiger partial charge in [-0.1, -0.05) is 19.3 Å². The van der Waals surface area contributed by atoms with Crippen molar-refractivity contribution in [3.63, 3.8) is 0 Å². The number of nitrogens with one attached hydrogen (secondary N) is 1. The van der Waals surface area contributed by atoms with Gasteiger partial charge in [-0.05, 0) is 31.0 Å². The number of ether oxygens (including phenoxy) is 1. The third kappa shape index (κ3) is 4.10. The van der Waals surface area contributed by atoms with Crippen LogP contribution in [0.5, 0.6) is 0 Å². The Labute approximate surface area is 113 Å². The maximum Gasteiger partial charge on any atom is 0.310 e. The van der Waals surface area contributed by atoms with Gasteiger partial charge in [-0.15, -0.1) is 11.3 Å². The summed E-state index contributed by atoms with van der Waals surface area (Å²) in [7, 11) is 1.43. The van der Waals surface area contributed by atoms with Gasteiger partial charge in [-0.2, -0.15) is 0 Å². The molecule has 3 nitrogen and oxygen atoms in total. The maximum absolute atomic E-state index is 11.1. The Balaban J connectivity index is 1.64. The fourth-order valence-corrected chi connectivity index (χ4v) is 3.10. The van der Waals surface area contributed by atoms with Crippen molar-refractivity contribution in [2.24, 2.45) is 5.92 Å². The molecule has 1 saturated carbocycles. The molecule has 1 aliphatic carbocycles. The Hall–Kier alpha value is -0.870. The van der Waals surface area contributed by atoms with Crippen molar-refractivity contribution in [3.8, 4) is 0 Å². The zero-order chi connectivity index (χ0) is 12.8. The van der Waals surface area contributed by atoms with Crippen molar-refractivity contribution in [1.29, 1.82) is 0 Å². The van der Waals surface area contributed by atoms with E-state index in [9.17, 15) is 4.79 Å². The second kappa shape index (κ2) is 6.90. The molecule has 0 aliphatic heterocycles. The van der Waals surface area contributed by atoms with E-state index in [1.807, 2.05) is 6.07 Å². The molecular formula is C14H21NO2S. The summed E-state index contributed by atoms with van der Waals surface area (Å²) in [5.74, 6) is 0.803. The summed E-state index contributed by atoms with van der Waals surface area (Å²) in [6.07, 6.45) is 5.96. The zero-order valence-corrected chi connectivity index (χ0v) is 11.7. The van der Waals surface area contributed by atoms with E-state index in [1.165, 1.54) is 37.7 Å². The molecule has 100 valence electrons. The highest BCUT2D eigenvalue weighted by molar-refractivity contribution is 7.12. The molecule has 0 unspecified atom stereocenters. The Kier molecular flexibility index (Phi) is 5.20. The van der Waals surface area contributed by atoms with E-state index in [0.29, 0.717) is 6.42 Å². The quantitative estimate of drug-likeness (QED) is 0.610. The smallest absolute Gasteiger partial charge is 0.310 e. The van der Waals surface area contributed by atoms with Gasteiger partial charge in [-0.3, -0.25) is 4.79 Å². The summed E-state index contributed by atoms with van der Waals surface area (Å²) < 4.78 is 4.66. The van der Waals surface area contributed by atoms with Gasteiger partial charge in [0, 0.05) is 16.3 Å². The summed E-state index contributed by atoms with van der Waals surface area (Å²) in [5, 5.41) is 3.48. The average Bonchev–Trinajstić information content (AvgIpc) is 2.74. The lowest BCUT2D eigenvalue weighted by Gasteiger charge is -2.25. The van der Waals surface area contributed by atoms with Gasteiger partial charge in [0.2, 0.25) is 0 Å². The van der Waals surface area contributed by atoms with E-state index in [0.717, 1.165) is 23.9 Å². The highest BCUT2D eigenvalue weighted by atomic mass is 32.1. The third-order valence-electron chi connectivity index (χ3n) is 3.52. The first-order valence-corrected chi connectivity index (χ1v) is 7.44. The highest BCUT2D eigenvalue weighted by Gasteiger charge is 2.16. The predicted octanol–water partition coefficient (Wildman–Crippen LogP) is 2.74. The van der Waals surface area contributed by atoms with Crippen LogP contribution in [-0.4, -0.2) is 19.6 Å². The normalized spacial score (nSPS) is 15.4. The monoisotopic (exact) mass is 267 g/mol. The number of hydrogen-bond acceptors (Lipinski definition) is 4. The van der Waals surface area contributed by atoms with Crippen LogP contribution in [0.3, 0.4) is 0 Å². The molecule has 1 fully saturated rings. The molecule has 1 aromatic rings. The van der Waals surface area contributed by atoms with Gasteiger partial charge in [0.1, 0.15) is 0 Å². The SMILES string of the molecule is COC(=O)Cc1ccc(CNCCC2CCC2)s1. The van der Waals surface area contributed by atoms with Gasteiger partial charge in [0.15, 0.2) is 0 Å². The minimum absolute atomic E-state index is 0.165. The molecular weight excluding hydrogens is 246 g/mol. The van der Waals surface area contributed by atoms with Crippen molar-refractivity contribution in [1.82, 2.24) is 5.32 Å². The second-order valence-electron chi connectivity index (χ2n) is 4.88. The second-order valence-corrected chi connectivity index (χ2v) is 6.14. The number of rotatable bonds is 7. The van der Waals surface area contributed by atoms with Crippen molar-refractivity contribution < 1.29 is 9.53 Å². The fraction of sp³-hybridized carbons (Fsp3) is 0.643. The lowest BCUT2D eigenvalue weighted by atomic mass is 9.83. The minimum atomic E-state index is -0.165. The van der Waals surface area contributed by atoms with E-state index < -0.39 is 0 Å². The van der Waals surface area contributed by atoms with Crippen LogP contribution in [0.4, 0.5) is 0 Å². The van der Waals surface area contributed by atoms with Crippen LogP contribution in [0.25, 0.3) is 0 Å².